The Kier molecular flexibility index (Phi) is 2.54. The van der Waals surface area contributed by atoms with Crippen LogP contribution in [0.25, 0.3) is 11.1 Å². The predicted molar refractivity (Wildman–Crippen MR) is 60.6 cm³/mol. The number of anilines is 1. The van der Waals surface area contributed by atoms with Crippen LogP contribution < -0.4 is 5.73 Å². The molecule has 0 unspecified atom stereocenters. The second kappa shape index (κ2) is 3.86. The number of aliphatic hydroxyl groups excluding tert-OH is 1. The maximum atomic E-state index is 9.92. The first-order valence-corrected chi connectivity index (χ1v) is 4.84. The summed E-state index contributed by atoms with van der Waals surface area (Å²) in [6, 6.07) is 5.15. The van der Waals surface area contributed by atoms with Crippen molar-refractivity contribution in [2.45, 2.75) is 6.61 Å². The average molecular weight is 219 g/mol. The minimum atomic E-state index is -0.208. The van der Waals surface area contributed by atoms with Crippen LogP contribution in [0.4, 0.5) is 5.82 Å². The molecule has 0 aliphatic carbocycles. The number of nitrogen functional groups attached to an aromatic ring is 1. The monoisotopic (exact) mass is 219 g/mol. The summed E-state index contributed by atoms with van der Waals surface area (Å²) in [5.41, 5.74) is 7.54. The molecule has 1 aromatic carbocycles. The van der Waals surface area contributed by atoms with Crippen LogP contribution in [0, 0.1) is 0 Å². The lowest BCUT2D eigenvalue weighted by molar-refractivity contribution is 0.276. The van der Waals surface area contributed by atoms with Gasteiger partial charge in [-0.2, -0.15) is 5.10 Å². The van der Waals surface area contributed by atoms with Crippen molar-refractivity contribution in [1.82, 2.24) is 9.78 Å². The van der Waals surface area contributed by atoms with E-state index in [1.165, 1.54) is 4.68 Å². The third-order valence-corrected chi connectivity index (χ3v) is 2.56. The lowest BCUT2D eigenvalue weighted by atomic mass is 10.0. The lowest BCUT2D eigenvalue weighted by Crippen LogP contribution is -1.98. The van der Waals surface area contributed by atoms with Crippen molar-refractivity contribution in [3.05, 3.63) is 30.0 Å². The van der Waals surface area contributed by atoms with Gasteiger partial charge in [0.15, 0.2) is 0 Å². The van der Waals surface area contributed by atoms with Crippen LogP contribution in [0.1, 0.15) is 5.56 Å². The largest absolute Gasteiger partial charge is 0.507 e. The Morgan fingerprint density at radius 1 is 1.38 bits per heavy atom. The number of nitrogens with two attached hydrogens (primary N) is 1. The van der Waals surface area contributed by atoms with Gasteiger partial charge in [-0.3, -0.25) is 4.68 Å². The van der Waals surface area contributed by atoms with Gasteiger partial charge in [-0.05, 0) is 0 Å². The Hall–Kier alpha value is -2.01. The van der Waals surface area contributed by atoms with E-state index in [1.54, 1.807) is 31.4 Å². The average Bonchev–Trinajstić information content (AvgIpc) is 2.61. The number of aryl methyl sites for hydroxylation is 1. The van der Waals surface area contributed by atoms with Crippen molar-refractivity contribution in [3.8, 4) is 16.9 Å². The summed E-state index contributed by atoms with van der Waals surface area (Å²) >= 11 is 0. The Bertz CT molecular complexity index is 520. The Morgan fingerprint density at radius 3 is 2.69 bits per heavy atom. The van der Waals surface area contributed by atoms with Gasteiger partial charge < -0.3 is 15.9 Å². The maximum absolute atomic E-state index is 9.92. The van der Waals surface area contributed by atoms with E-state index in [-0.39, 0.29) is 12.4 Å². The zero-order valence-corrected chi connectivity index (χ0v) is 8.88. The first-order valence-electron chi connectivity index (χ1n) is 4.84. The SMILES string of the molecule is Cn1ncc(-c2cccc(CO)c2O)c1N. The molecule has 0 fully saturated rings. The number of nitrogens with zero attached hydrogens (tertiary/aromatic N) is 2. The predicted octanol–water partition coefficient (Wildman–Crippen LogP) is 0.867. The van der Waals surface area contributed by atoms with Gasteiger partial charge in [0.25, 0.3) is 0 Å². The summed E-state index contributed by atoms with van der Waals surface area (Å²) in [5.74, 6) is 0.523. The van der Waals surface area contributed by atoms with E-state index in [1.807, 2.05) is 0 Å². The Morgan fingerprint density at radius 2 is 2.12 bits per heavy atom. The standard InChI is InChI=1S/C11H13N3O2/c1-14-11(12)9(5-13-14)8-4-2-3-7(6-15)10(8)16/h2-5,15-16H,6,12H2,1H3. The maximum Gasteiger partial charge on any atom is 0.129 e. The fourth-order valence-electron chi connectivity index (χ4n) is 1.59. The molecule has 0 aliphatic rings. The molecular formula is C11H13N3O2. The van der Waals surface area contributed by atoms with E-state index in [4.69, 9.17) is 10.8 Å². The minimum Gasteiger partial charge on any atom is -0.507 e. The van der Waals surface area contributed by atoms with Crippen molar-refractivity contribution >= 4 is 5.82 Å². The van der Waals surface area contributed by atoms with Gasteiger partial charge in [0.05, 0.1) is 12.8 Å². The molecule has 5 nitrogen and oxygen atoms in total. The van der Waals surface area contributed by atoms with E-state index in [9.17, 15) is 5.11 Å². The van der Waals surface area contributed by atoms with E-state index in [2.05, 4.69) is 5.10 Å². The first kappa shape index (κ1) is 10.5. The summed E-state index contributed by atoms with van der Waals surface area (Å²) in [7, 11) is 1.73. The zero-order valence-electron chi connectivity index (χ0n) is 8.88. The number of phenols is 1. The van der Waals surface area contributed by atoms with Crippen LogP contribution in [0.3, 0.4) is 0 Å². The van der Waals surface area contributed by atoms with Gasteiger partial charge in [-0.1, -0.05) is 18.2 Å². The van der Waals surface area contributed by atoms with Crippen LogP contribution >= 0.6 is 0 Å². The molecule has 0 saturated carbocycles. The second-order valence-electron chi connectivity index (χ2n) is 3.54. The highest BCUT2D eigenvalue weighted by Gasteiger charge is 2.13. The van der Waals surface area contributed by atoms with Crippen molar-refractivity contribution in [2.75, 3.05) is 5.73 Å². The van der Waals surface area contributed by atoms with Crippen molar-refractivity contribution in [1.29, 1.82) is 0 Å². The Balaban J connectivity index is 2.60. The summed E-state index contributed by atoms with van der Waals surface area (Å²) in [4.78, 5) is 0. The summed E-state index contributed by atoms with van der Waals surface area (Å²) in [6.45, 7) is -0.208. The smallest absolute Gasteiger partial charge is 0.129 e. The number of hydrogen-bond acceptors (Lipinski definition) is 4. The van der Waals surface area contributed by atoms with Gasteiger partial charge >= 0.3 is 0 Å². The lowest BCUT2D eigenvalue weighted by Gasteiger charge is -2.07. The molecular weight excluding hydrogens is 206 g/mol. The van der Waals surface area contributed by atoms with Gasteiger partial charge in [-0.15, -0.1) is 0 Å². The molecule has 16 heavy (non-hydrogen) atoms. The molecule has 2 aromatic rings. The summed E-state index contributed by atoms with van der Waals surface area (Å²) < 4.78 is 1.53. The molecule has 0 saturated heterocycles. The van der Waals surface area contributed by atoms with Gasteiger partial charge in [-0.25, -0.2) is 0 Å². The molecule has 1 heterocycles. The molecule has 4 N–H and O–H groups in total. The number of hydrogen-bond donors (Lipinski definition) is 3. The number of aliphatic hydroxyl groups is 1. The number of aromatic hydroxyl groups is 1. The highest BCUT2D eigenvalue weighted by molar-refractivity contribution is 5.78. The normalized spacial score (nSPS) is 10.6. The number of para-hydroxylation sites is 1. The fourth-order valence-corrected chi connectivity index (χ4v) is 1.59. The van der Waals surface area contributed by atoms with Gasteiger partial charge in [0.1, 0.15) is 11.6 Å². The molecule has 5 heteroatoms. The van der Waals surface area contributed by atoms with E-state index in [0.29, 0.717) is 22.5 Å². The number of aromatic nitrogens is 2. The van der Waals surface area contributed by atoms with E-state index >= 15 is 0 Å². The van der Waals surface area contributed by atoms with Gasteiger partial charge in [0, 0.05) is 23.7 Å². The molecule has 0 amide bonds. The highest BCUT2D eigenvalue weighted by atomic mass is 16.3. The molecule has 1 aromatic heterocycles. The quantitative estimate of drug-likeness (QED) is 0.699. The molecule has 0 bridgehead atoms. The van der Waals surface area contributed by atoms with Gasteiger partial charge in [0.2, 0.25) is 0 Å². The summed E-state index contributed by atoms with van der Waals surface area (Å²) in [6.07, 6.45) is 1.59. The molecule has 0 spiro atoms. The van der Waals surface area contributed by atoms with Crippen LogP contribution in [0.2, 0.25) is 0 Å². The minimum absolute atomic E-state index is 0.0460. The second-order valence-corrected chi connectivity index (χ2v) is 3.54. The van der Waals surface area contributed by atoms with Crippen LogP contribution in [-0.2, 0) is 13.7 Å². The third-order valence-electron chi connectivity index (χ3n) is 2.56. The van der Waals surface area contributed by atoms with E-state index < -0.39 is 0 Å². The Labute approximate surface area is 92.8 Å². The van der Waals surface area contributed by atoms with Crippen LogP contribution in [0.15, 0.2) is 24.4 Å². The van der Waals surface area contributed by atoms with Crippen molar-refractivity contribution in [2.24, 2.45) is 7.05 Å². The van der Waals surface area contributed by atoms with Crippen LogP contribution in [-0.4, -0.2) is 20.0 Å². The topological polar surface area (TPSA) is 84.3 Å². The fraction of sp³-hybridized carbons (Fsp3) is 0.182. The molecule has 84 valence electrons. The molecule has 0 aliphatic heterocycles. The van der Waals surface area contributed by atoms with E-state index in [0.717, 1.165) is 0 Å². The molecule has 0 radical (unpaired) electrons. The van der Waals surface area contributed by atoms with Crippen molar-refractivity contribution < 1.29 is 10.2 Å². The summed E-state index contributed by atoms with van der Waals surface area (Å²) in [5, 5.41) is 23.0. The first-order chi connectivity index (χ1) is 7.65. The zero-order chi connectivity index (χ0) is 11.7. The highest BCUT2D eigenvalue weighted by Crippen LogP contribution is 2.34. The van der Waals surface area contributed by atoms with Crippen molar-refractivity contribution in [3.63, 3.8) is 0 Å². The number of rotatable bonds is 2. The molecule has 2 rings (SSSR count). The number of benzene rings is 1. The van der Waals surface area contributed by atoms with Crippen LogP contribution in [0.5, 0.6) is 5.75 Å². The third kappa shape index (κ3) is 1.51. The molecule has 0 atom stereocenters.